The molecule has 14 rings (SSSR count). The van der Waals surface area contributed by atoms with E-state index < -0.39 is 0 Å². The molecule has 0 radical (unpaired) electrons. The monoisotopic (exact) mass is 846 g/mol. The van der Waals surface area contributed by atoms with Gasteiger partial charge in [0.05, 0.1) is 16.7 Å². The molecule has 4 heterocycles. The van der Waals surface area contributed by atoms with Crippen LogP contribution in [-0.4, -0.2) is 19.5 Å². The topological polar surface area (TPSA) is 56.7 Å². The summed E-state index contributed by atoms with van der Waals surface area (Å²) in [5, 5.41) is 11.9. The van der Waals surface area contributed by atoms with Crippen molar-refractivity contribution in [3.8, 4) is 51.0 Å². The zero-order chi connectivity index (χ0) is 42.6. The third-order valence-corrected chi connectivity index (χ3v) is 14.1. The fraction of sp³-hybridized carbons (Fsp3) is 0. The molecule has 302 valence electrons. The molecule has 0 N–H and O–H groups in total. The standard InChI is InChI=1S/C59H34N4OS/c1-2-14-36(15-3-1)57-60-58(62-59(61-57)40-26-29-52-47(33-40)43-20-9-11-23-51(43)64-52)39-25-28-49(63-48-22-10-8-19-42(48)45-31-37-16-4-5-17-38(37)34-50(45)63)46(32-39)44-21-12-24-53-56(44)55-41-18-7-6-13-35(41)27-30-54(55)65-53/h1-34H. The maximum atomic E-state index is 6.22. The Kier molecular flexibility index (Phi) is 7.79. The number of fused-ring (bicyclic) bond motifs is 12. The van der Waals surface area contributed by atoms with E-state index in [0.29, 0.717) is 17.5 Å². The fourth-order valence-corrected chi connectivity index (χ4v) is 11.2. The molecule has 10 aromatic carbocycles. The molecule has 0 bridgehead atoms. The first kappa shape index (κ1) is 36.1. The molecule has 0 unspecified atom stereocenters. The van der Waals surface area contributed by atoms with Gasteiger partial charge in [-0.05, 0) is 99.9 Å². The summed E-state index contributed by atoms with van der Waals surface area (Å²) in [6.07, 6.45) is 0. The highest BCUT2D eigenvalue weighted by molar-refractivity contribution is 7.26. The summed E-state index contributed by atoms with van der Waals surface area (Å²) in [4.78, 5) is 15.7. The lowest BCUT2D eigenvalue weighted by atomic mass is 9.94. The van der Waals surface area contributed by atoms with Crippen LogP contribution in [-0.2, 0) is 0 Å². The molecule has 0 aliphatic heterocycles. The number of para-hydroxylation sites is 2. The summed E-state index contributed by atoms with van der Waals surface area (Å²) in [6.45, 7) is 0. The molecule has 0 aliphatic carbocycles. The molecular formula is C59H34N4OS. The van der Waals surface area contributed by atoms with Crippen LogP contribution in [0.1, 0.15) is 0 Å². The maximum absolute atomic E-state index is 6.22. The van der Waals surface area contributed by atoms with Gasteiger partial charge in [-0.1, -0.05) is 133 Å². The van der Waals surface area contributed by atoms with Gasteiger partial charge in [0.1, 0.15) is 11.2 Å². The second-order valence-electron chi connectivity index (χ2n) is 16.7. The summed E-state index contributed by atoms with van der Waals surface area (Å²) in [5.41, 5.74) is 10.0. The Balaban J connectivity index is 1.07. The molecule has 0 spiro atoms. The van der Waals surface area contributed by atoms with Crippen LogP contribution in [0.3, 0.4) is 0 Å². The third kappa shape index (κ3) is 5.61. The van der Waals surface area contributed by atoms with Crippen molar-refractivity contribution in [1.82, 2.24) is 19.5 Å². The first-order valence-electron chi connectivity index (χ1n) is 21.8. The SMILES string of the molecule is c1ccc(-c2nc(-c3ccc(-n4c5ccccc5c5cc6ccccc6cc54)c(-c4cccc5sc6ccc7ccccc7c6c45)c3)nc(-c3ccc4oc5ccccc5c4c3)n2)cc1. The Morgan fingerprint density at radius 2 is 1.00 bits per heavy atom. The van der Waals surface area contributed by atoms with Crippen molar-refractivity contribution >= 4 is 96.8 Å². The van der Waals surface area contributed by atoms with Gasteiger partial charge in [0, 0.05) is 64.0 Å². The molecule has 0 fully saturated rings. The molecule has 14 aromatic rings. The van der Waals surface area contributed by atoms with E-state index in [9.17, 15) is 0 Å². The van der Waals surface area contributed by atoms with Gasteiger partial charge in [0.15, 0.2) is 17.5 Å². The van der Waals surface area contributed by atoms with Gasteiger partial charge in [0.2, 0.25) is 0 Å². The Morgan fingerprint density at radius 1 is 0.354 bits per heavy atom. The normalized spacial score (nSPS) is 12.0. The number of aromatic nitrogens is 4. The second kappa shape index (κ2) is 14.0. The van der Waals surface area contributed by atoms with Crippen LogP contribution in [0.5, 0.6) is 0 Å². The zero-order valence-electron chi connectivity index (χ0n) is 34.7. The number of benzene rings is 10. The third-order valence-electron chi connectivity index (χ3n) is 13.0. The molecule has 0 aliphatic rings. The van der Waals surface area contributed by atoms with Crippen LogP contribution in [0.4, 0.5) is 0 Å². The second-order valence-corrected chi connectivity index (χ2v) is 17.8. The molecular weight excluding hydrogens is 813 g/mol. The highest BCUT2D eigenvalue weighted by atomic mass is 32.1. The Labute approximate surface area is 376 Å². The number of furan rings is 1. The van der Waals surface area contributed by atoms with Crippen LogP contribution in [0.15, 0.2) is 211 Å². The fourth-order valence-electron chi connectivity index (χ4n) is 10.0. The van der Waals surface area contributed by atoms with Crippen LogP contribution in [0.25, 0.3) is 136 Å². The van der Waals surface area contributed by atoms with Crippen molar-refractivity contribution in [2.45, 2.75) is 0 Å². The first-order chi connectivity index (χ1) is 32.2. The van der Waals surface area contributed by atoms with Crippen molar-refractivity contribution in [3.05, 3.63) is 206 Å². The number of rotatable bonds is 5. The smallest absolute Gasteiger partial charge is 0.164 e. The van der Waals surface area contributed by atoms with Crippen LogP contribution in [0, 0.1) is 0 Å². The summed E-state index contributed by atoms with van der Waals surface area (Å²) in [6, 6.07) is 73.5. The number of thiophene rings is 1. The Morgan fingerprint density at radius 3 is 1.85 bits per heavy atom. The van der Waals surface area contributed by atoms with E-state index in [0.717, 1.165) is 66.5 Å². The van der Waals surface area contributed by atoms with E-state index in [1.807, 2.05) is 59.9 Å². The van der Waals surface area contributed by atoms with Crippen LogP contribution in [0.2, 0.25) is 0 Å². The van der Waals surface area contributed by atoms with E-state index in [-0.39, 0.29) is 0 Å². The van der Waals surface area contributed by atoms with E-state index in [4.69, 9.17) is 19.4 Å². The highest BCUT2D eigenvalue weighted by Crippen LogP contribution is 2.47. The van der Waals surface area contributed by atoms with Gasteiger partial charge in [-0.2, -0.15) is 0 Å². The van der Waals surface area contributed by atoms with Crippen molar-refractivity contribution in [2.24, 2.45) is 0 Å². The number of hydrogen-bond acceptors (Lipinski definition) is 5. The minimum absolute atomic E-state index is 0.596. The molecule has 4 aromatic heterocycles. The molecule has 0 saturated heterocycles. The Hall–Kier alpha value is -8.45. The lowest BCUT2D eigenvalue weighted by Crippen LogP contribution is -2.02. The van der Waals surface area contributed by atoms with E-state index >= 15 is 0 Å². The number of nitrogens with zero attached hydrogens (tertiary/aromatic N) is 4. The zero-order valence-corrected chi connectivity index (χ0v) is 35.6. The maximum Gasteiger partial charge on any atom is 0.164 e. The minimum Gasteiger partial charge on any atom is -0.456 e. The van der Waals surface area contributed by atoms with E-state index in [2.05, 4.69) is 162 Å². The molecule has 65 heavy (non-hydrogen) atoms. The molecule has 0 atom stereocenters. The first-order valence-corrected chi connectivity index (χ1v) is 22.7. The minimum atomic E-state index is 0.596. The van der Waals surface area contributed by atoms with Crippen molar-refractivity contribution < 1.29 is 4.42 Å². The Bertz CT molecular complexity index is 4260. The van der Waals surface area contributed by atoms with E-state index in [1.54, 1.807) is 0 Å². The quantitative estimate of drug-likeness (QED) is 0.173. The van der Waals surface area contributed by atoms with Crippen molar-refractivity contribution in [1.29, 1.82) is 0 Å². The van der Waals surface area contributed by atoms with Gasteiger partial charge in [0.25, 0.3) is 0 Å². The molecule has 5 nitrogen and oxygen atoms in total. The van der Waals surface area contributed by atoms with Crippen molar-refractivity contribution in [2.75, 3.05) is 0 Å². The molecule has 6 heteroatoms. The average Bonchev–Trinajstić information content (AvgIpc) is 4.05. The highest BCUT2D eigenvalue weighted by Gasteiger charge is 2.22. The van der Waals surface area contributed by atoms with Gasteiger partial charge < -0.3 is 8.98 Å². The summed E-state index contributed by atoms with van der Waals surface area (Å²) >= 11 is 1.85. The van der Waals surface area contributed by atoms with Crippen molar-refractivity contribution in [3.63, 3.8) is 0 Å². The lowest BCUT2D eigenvalue weighted by Gasteiger charge is -2.17. The number of hydrogen-bond donors (Lipinski definition) is 0. The van der Waals surface area contributed by atoms with Crippen LogP contribution < -0.4 is 0 Å². The predicted molar refractivity (Wildman–Crippen MR) is 271 cm³/mol. The van der Waals surface area contributed by atoms with Gasteiger partial charge in [-0.15, -0.1) is 11.3 Å². The molecule has 0 amide bonds. The average molecular weight is 847 g/mol. The van der Waals surface area contributed by atoms with E-state index in [1.165, 1.54) is 52.5 Å². The summed E-state index contributed by atoms with van der Waals surface area (Å²) < 4.78 is 11.2. The summed E-state index contributed by atoms with van der Waals surface area (Å²) in [5.74, 6) is 1.80. The lowest BCUT2D eigenvalue weighted by molar-refractivity contribution is 0.669. The van der Waals surface area contributed by atoms with Crippen LogP contribution >= 0.6 is 11.3 Å². The molecule has 0 saturated carbocycles. The van der Waals surface area contributed by atoms with Gasteiger partial charge in [-0.25, -0.2) is 15.0 Å². The van der Waals surface area contributed by atoms with Gasteiger partial charge in [-0.3, -0.25) is 0 Å². The predicted octanol–water partition coefficient (Wildman–Crippen LogP) is 16.2. The summed E-state index contributed by atoms with van der Waals surface area (Å²) in [7, 11) is 0. The largest absolute Gasteiger partial charge is 0.456 e. The van der Waals surface area contributed by atoms with Gasteiger partial charge >= 0.3 is 0 Å².